The zero-order chi connectivity index (χ0) is 13.6. The molecule has 3 heteroatoms. The largest absolute Gasteiger partial charge is 0.350 e. The zero-order valence-corrected chi connectivity index (χ0v) is 11.6. The van der Waals surface area contributed by atoms with E-state index in [0.29, 0.717) is 6.42 Å². The van der Waals surface area contributed by atoms with Gasteiger partial charge in [0.25, 0.3) is 0 Å². The van der Waals surface area contributed by atoms with Gasteiger partial charge in [-0.05, 0) is 38.7 Å². The van der Waals surface area contributed by atoms with Crippen molar-refractivity contribution in [2.75, 3.05) is 0 Å². The van der Waals surface area contributed by atoms with Crippen molar-refractivity contribution in [3.63, 3.8) is 0 Å². The van der Waals surface area contributed by atoms with Crippen LogP contribution in [0.25, 0.3) is 0 Å². The fourth-order valence-corrected chi connectivity index (χ4v) is 1.61. The van der Waals surface area contributed by atoms with Crippen LogP contribution in [-0.2, 0) is 11.2 Å². The Morgan fingerprint density at radius 2 is 1.94 bits per heavy atom. The Bertz CT molecular complexity index is 373. The van der Waals surface area contributed by atoms with Gasteiger partial charge < -0.3 is 11.1 Å². The van der Waals surface area contributed by atoms with Crippen molar-refractivity contribution in [1.82, 2.24) is 5.32 Å². The molecule has 100 valence electrons. The zero-order valence-electron chi connectivity index (χ0n) is 11.6. The summed E-state index contributed by atoms with van der Waals surface area (Å²) in [7, 11) is 0. The predicted molar refractivity (Wildman–Crippen MR) is 75.3 cm³/mol. The van der Waals surface area contributed by atoms with Gasteiger partial charge in [-0.3, -0.25) is 4.79 Å². The summed E-state index contributed by atoms with van der Waals surface area (Å²) in [6, 6.07) is 9.67. The third-order valence-corrected chi connectivity index (χ3v) is 3.27. The van der Waals surface area contributed by atoms with Crippen molar-refractivity contribution in [2.45, 2.75) is 51.6 Å². The first-order valence-electron chi connectivity index (χ1n) is 6.56. The van der Waals surface area contributed by atoms with E-state index in [9.17, 15) is 4.79 Å². The average molecular weight is 248 g/mol. The molecule has 3 N–H and O–H groups in total. The van der Waals surface area contributed by atoms with Crippen LogP contribution in [0.1, 0.15) is 39.2 Å². The number of nitrogens with two attached hydrogens (primary N) is 1. The number of rotatable bonds is 6. The smallest absolute Gasteiger partial charge is 0.237 e. The van der Waals surface area contributed by atoms with Crippen molar-refractivity contribution in [3.8, 4) is 0 Å². The van der Waals surface area contributed by atoms with E-state index < -0.39 is 6.04 Å². The number of hydrogen-bond donors (Lipinski definition) is 2. The lowest BCUT2D eigenvalue weighted by atomic mass is 10.00. The molecule has 0 radical (unpaired) electrons. The summed E-state index contributed by atoms with van der Waals surface area (Å²) in [4.78, 5) is 11.9. The van der Waals surface area contributed by atoms with E-state index in [1.807, 2.05) is 32.0 Å². The van der Waals surface area contributed by atoms with Crippen LogP contribution < -0.4 is 11.1 Å². The van der Waals surface area contributed by atoms with Gasteiger partial charge in [0.15, 0.2) is 0 Å². The third-order valence-electron chi connectivity index (χ3n) is 3.27. The number of carbonyl (C=O) groups is 1. The monoisotopic (exact) mass is 248 g/mol. The number of nitrogens with one attached hydrogen (secondary N) is 1. The van der Waals surface area contributed by atoms with Crippen molar-refractivity contribution >= 4 is 5.91 Å². The number of carbonyl (C=O) groups excluding carboxylic acids is 1. The van der Waals surface area contributed by atoms with Gasteiger partial charge in [-0.15, -0.1) is 0 Å². The molecule has 0 heterocycles. The summed E-state index contributed by atoms with van der Waals surface area (Å²) in [6.07, 6.45) is 2.40. The molecule has 3 nitrogen and oxygen atoms in total. The van der Waals surface area contributed by atoms with Gasteiger partial charge in [-0.25, -0.2) is 0 Å². The van der Waals surface area contributed by atoms with E-state index in [4.69, 9.17) is 5.73 Å². The highest BCUT2D eigenvalue weighted by Crippen LogP contribution is 2.09. The minimum absolute atomic E-state index is 0.0576. The Hall–Kier alpha value is -1.35. The molecular formula is C15H24N2O. The van der Waals surface area contributed by atoms with Crippen LogP contribution in [0.2, 0.25) is 0 Å². The van der Waals surface area contributed by atoms with Gasteiger partial charge in [0.1, 0.15) is 0 Å². The lowest BCUT2D eigenvalue weighted by Gasteiger charge is -2.26. The molecule has 0 fully saturated rings. The summed E-state index contributed by atoms with van der Waals surface area (Å²) >= 11 is 0. The van der Waals surface area contributed by atoms with Crippen LogP contribution in [0.3, 0.4) is 0 Å². The van der Waals surface area contributed by atoms with Crippen LogP contribution in [-0.4, -0.2) is 17.5 Å². The first-order valence-corrected chi connectivity index (χ1v) is 6.56. The summed E-state index contributed by atoms with van der Waals surface area (Å²) < 4.78 is 0. The molecule has 1 amide bonds. The van der Waals surface area contributed by atoms with Gasteiger partial charge in [0.05, 0.1) is 6.04 Å². The standard InChI is InChI=1S/C15H24N2O/c1-4-15(2,3)17-14(18)13(16)11-10-12-8-6-5-7-9-12/h5-9,13H,4,10-11,16H2,1-3H3,(H,17,18)/t13-/m0/s1. The normalized spacial score (nSPS) is 13.1. The van der Waals surface area contributed by atoms with Crippen LogP contribution in [0.4, 0.5) is 0 Å². The number of aryl methyl sites for hydroxylation is 1. The van der Waals surface area contributed by atoms with Gasteiger partial charge in [0, 0.05) is 5.54 Å². The van der Waals surface area contributed by atoms with Gasteiger partial charge >= 0.3 is 0 Å². The van der Waals surface area contributed by atoms with E-state index in [2.05, 4.69) is 24.4 Å². The molecule has 1 atom stereocenters. The van der Waals surface area contributed by atoms with E-state index in [0.717, 1.165) is 12.8 Å². The van der Waals surface area contributed by atoms with E-state index >= 15 is 0 Å². The molecule has 1 rings (SSSR count). The van der Waals surface area contributed by atoms with E-state index in [-0.39, 0.29) is 11.4 Å². The van der Waals surface area contributed by atoms with Crippen molar-refractivity contribution in [2.24, 2.45) is 5.73 Å². The van der Waals surface area contributed by atoms with Gasteiger partial charge in [-0.2, -0.15) is 0 Å². The molecule has 0 bridgehead atoms. The van der Waals surface area contributed by atoms with Crippen molar-refractivity contribution < 1.29 is 4.79 Å². The summed E-state index contributed by atoms with van der Waals surface area (Å²) in [6.45, 7) is 6.07. The van der Waals surface area contributed by atoms with Crippen LogP contribution in [0.5, 0.6) is 0 Å². The lowest BCUT2D eigenvalue weighted by Crippen LogP contribution is -2.50. The Labute approximate surface area is 110 Å². The second-order valence-electron chi connectivity index (χ2n) is 5.36. The first-order chi connectivity index (χ1) is 8.44. The highest BCUT2D eigenvalue weighted by Gasteiger charge is 2.21. The molecule has 0 unspecified atom stereocenters. The van der Waals surface area contributed by atoms with Gasteiger partial charge in [-0.1, -0.05) is 37.3 Å². The second-order valence-corrected chi connectivity index (χ2v) is 5.36. The molecule has 1 aromatic rings. The fraction of sp³-hybridized carbons (Fsp3) is 0.533. The van der Waals surface area contributed by atoms with E-state index in [1.165, 1.54) is 5.56 Å². The van der Waals surface area contributed by atoms with Gasteiger partial charge in [0.2, 0.25) is 5.91 Å². The fourth-order valence-electron chi connectivity index (χ4n) is 1.61. The number of amides is 1. The summed E-state index contributed by atoms with van der Waals surface area (Å²) in [5, 5.41) is 2.98. The minimum Gasteiger partial charge on any atom is -0.350 e. The van der Waals surface area contributed by atoms with Crippen LogP contribution in [0, 0.1) is 0 Å². The van der Waals surface area contributed by atoms with Crippen molar-refractivity contribution in [3.05, 3.63) is 35.9 Å². The number of benzene rings is 1. The topological polar surface area (TPSA) is 55.1 Å². The molecule has 0 aliphatic rings. The first kappa shape index (κ1) is 14.7. The second kappa shape index (κ2) is 6.55. The molecule has 0 aromatic heterocycles. The van der Waals surface area contributed by atoms with Crippen LogP contribution >= 0.6 is 0 Å². The quantitative estimate of drug-likeness (QED) is 0.811. The molecule has 0 spiro atoms. The maximum Gasteiger partial charge on any atom is 0.237 e. The number of hydrogen-bond acceptors (Lipinski definition) is 2. The minimum atomic E-state index is -0.434. The molecule has 1 aromatic carbocycles. The Morgan fingerprint density at radius 1 is 1.33 bits per heavy atom. The molecular weight excluding hydrogens is 224 g/mol. The molecule has 0 saturated carbocycles. The molecule has 0 aliphatic carbocycles. The average Bonchev–Trinajstić information content (AvgIpc) is 2.36. The molecule has 0 saturated heterocycles. The Kier molecular flexibility index (Phi) is 5.35. The highest BCUT2D eigenvalue weighted by molar-refractivity contribution is 5.82. The van der Waals surface area contributed by atoms with Crippen LogP contribution in [0.15, 0.2) is 30.3 Å². The maximum atomic E-state index is 11.9. The maximum absolute atomic E-state index is 11.9. The predicted octanol–water partition coefficient (Wildman–Crippen LogP) is 2.25. The molecule has 18 heavy (non-hydrogen) atoms. The summed E-state index contributed by atoms with van der Waals surface area (Å²) in [5.74, 6) is -0.0576. The Balaban J connectivity index is 2.41. The van der Waals surface area contributed by atoms with E-state index in [1.54, 1.807) is 0 Å². The lowest BCUT2D eigenvalue weighted by molar-refractivity contribution is -0.124. The van der Waals surface area contributed by atoms with Crippen molar-refractivity contribution in [1.29, 1.82) is 0 Å². The SMILES string of the molecule is CCC(C)(C)NC(=O)[C@@H](N)CCc1ccccc1. The highest BCUT2D eigenvalue weighted by atomic mass is 16.2. The Morgan fingerprint density at radius 3 is 2.50 bits per heavy atom. The molecule has 0 aliphatic heterocycles. The third kappa shape index (κ3) is 4.88. The summed E-state index contributed by atoms with van der Waals surface area (Å²) in [5.41, 5.74) is 6.95.